The van der Waals surface area contributed by atoms with E-state index in [2.05, 4.69) is 25.1 Å². The van der Waals surface area contributed by atoms with Gasteiger partial charge in [0.25, 0.3) is 0 Å². The molecular formula is C28H38N6O3. The van der Waals surface area contributed by atoms with Gasteiger partial charge in [0.15, 0.2) is 11.3 Å². The third-order valence-corrected chi connectivity index (χ3v) is 8.02. The van der Waals surface area contributed by atoms with Crippen molar-refractivity contribution in [1.82, 2.24) is 24.9 Å². The van der Waals surface area contributed by atoms with Gasteiger partial charge < -0.3 is 20.1 Å². The van der Waals surface area contributed by atoms with Crippen LogP contribution >= 0.6 is 0 Å². The summed E-state index contributed by atoms with van der Waals surface area (Å²) < 4.78 is 7.24. The Morgan fingerprint density at radius 1 is 1.08 bits per heavy atom. The Hall–Kier alpha value is -3.20. The van der Waals surface area contributed by atoms with E-state index in [-0.39, 0.29) is 11.7 Å². The number of para-hydroxylation sites is 1. The van der Waals surface area contributed by atoms with Crippen LogP contribution in [0.15, 0.2) is 30.3 Å². The number of carbonyl (C=O) groups is 1. The van der Waals surface area contributed by atoms with Crippen molar-refractivity contribution in [1.29, 1.82) is 0 Å². The van der Waals surface area contributed by atoms with Gasteiger partial charge in [-0.15, -0.1) is 10.2 Å². The minimum atomic E-state index is -0.0423. The van der Waals surface area contributed by atoms with E-state index in [4.69, 9.17) is 9.84 Å². The second-order valence-corrected chi connectivity index (χ2v) is 10.5. The molecule has 3 aromatic rings. The molecule has 0 radical (unpaired) electrons. The first-order valence-electron chi connectivity index (χ1n) is 13.7. The molecule has 37 heavy (non-hydrogen) atoms. The van der Waals surface area contributed by atoms with Gasteiger partial charge in [-0.05, 0) is 75.5 Å². The van der Waals surface area contributed by atoms with Crippen LogP contribution in [0.4, 0.5) is 5.82 Å². The summed E-state index contributed by atoms with van der Waals surface area (Å²) in [5.41, 5.74) is 3.01. The fourth-order valence-corrected chi connectivity index (χ4v) is 5.99. The maximum Gasteiger partial charge on any atom is 0.306 e. The Kier molecular flexibility index (Phi) is 7.88. The molecule has 2 aromatic heterocycles. The lowest BCUT2D eigenvalue weighted by molar-refractivity contribution is -0.144. The van der Waals surface area contributed by atoms with E-state index >= 15 is 0 Å². The van der Waals surface area contributed by atoms with Crippen LogP contribution in [0.25, 0.3) is 22.3 Å². The van der Waals surface area contributed by atoms with Crippen LogP contribution in [0.3, 0.4) is 0 Å². The highest BCUT2D eigenvalue weighted by molar-refractivity contribution is 5.88. The van der Waals surface area contributed by atoms with Crippen molar-refractivity contribution in [3.8, 4) is 17.0 Å². The zero-order valence-corrected chi connectivity index (χ0v) is 21.9. The highest BCUT2D eigenvalue weighted by Crippen LogP contribution is 2.35. The van der Waals surface area contributed by atoms with E-state index in [1.165, 1.54) is 12.8 Å². The highest BCUT2D eigenvalue weighted by atomic mass is 16.5. The summed E-state index contributed by atoms with van der Waals surface area (Å²) in [5.74, 6) is 2.08. The van der Waals surface area contributed by atoms with E-state index in [9.17, 15) is 9.90 Å². The number of phenolic OH excluding ortho intramolecular Hbond substituents is 1. The molecule has 5 rings (SSSR count). The summed E-state index contributed by atoms with van der Waals surface area (Å²) in [4.78, 5) is 14.4. The zero-order chi connectivity index (χ0) is 25.8. The van der Waals surface area contributed by atoms with Crippen LogP contribution in [0.2, 0.25) is 0 Å². The van der Waals surface area contributed by atoms with Gasteiger partial charge in [-0.1, -0.05) is 12.1 Å². The van der Waals surface area contributed by atoms with Gasteiger partial charge in [0.05, 0.1) is 23.9 Å². The number of benzene rings is 1. The van der Waals surface area contributed by atoms with Gasteiger partial charge >= 0.3 is 5.97 Å². The van der Waals surface area contributed by atoms with Crippen LogP contribution in [-0.2, 0) is 9.53 Å². The summed E-state index contributed by atoms with van der Waals surface area (Å²) in [6, 6.07) is 9.50. The number of piperidine rings is 1. The molecule has 0 unspecified atom stereocenters. The predicted molar refractivity (Wildman–Crippen MR) is 143 cm³/mol. The number of ether oxygens (including phenoxy) is 1. The topological polar surface area (TPSA) is 105 Å². The quantitative estimate of drug-likeness (QED) is 0.426. The first-order chi connectivity index (χ1) is 18.1. The lowest BCUT2D eigenvalue weighted by Gasteiger charge is -2.36. The van der Waals surface area contributed by atoms with Crippen molar-refractivity contribution in [3.05, 3.63) is 30.3 Å². The molecule has 1 saturated carbocycles. The number of fused-ring (bicyclic) bond motifs is 1. The number of carbonyl (C=O) groups excluding carboxylic acids is 1. The second-order valence-electron chi connectivity index (χ2n) is 10.5. The number of aromatic hydroxyl groups is 1. The van der Waals surface area contributed by atoms with E-state index < -0.39 is 0 Å². The standard InChI is InChI=1S/C28H38N6O3/c1-3-37-26(36)16-19-8-10-20(11-9-19)18-33-14-12-21(13-15-33)34-24-17-23(22-6-4-5-7-25(22)35)30-31-27(24)28(29-2)32-34/h4-7,17,19-21,35H,3,8-16,18H2,1-2H3,(H,29,32). The van der Waals surface area contributed by atoms with Crippen LogP contribution in [0.1, 0.15) is 57.9 Å². The number of rotatable bonds is 8. The Balaban J connectivity index is 1.21. The maximum atomic E-state index is 11.8. The second kappa shape index (κ2) is 11.5. The molecule has 1 saturated heterocycles. The number of nitrogens with one attached hydrogen (secondary N) is 1. The third kappa shape index (κ3) is 5.71. The van der Waals surface area contributed by atoms with E-state index in [0.29, 0.717) is 42.2 Å². The molecular weight excluding hydrogens is 468 g/mol. The van der Waals surface area contributed by atoms with Crippen LogP contribution in [0.5, 0.6) is 5.75 Å². The van der Waals surface area contributed by atoms with Gasteiger partial charge in [0.2, 0.25) is 0 Å². The number of likely N-dealkylation sites (tertiary alicyclic amines) is 1. The molecule has 2 aliphatic rings. The Labute approximate surface area is 218 Å². The Morgan fingerprint density at radius 3 is 2.51 bits per heavy atom. The molecule has 0 atom stereocenters. The first-order valence-corrected chi connectivity index (χ1v) is 13.7. The van der Waals surface area contributed by atoms with Gasteiger partial charge in [0.1, 0.15) is 5.75 Å². The van der Waals surface area contributed by atoms with Crippen molar-refractivity contribution in [2.75, 3.05) is 38.6 Å². The first kappa shape index (κ1) is 25.4. The molecule has 0 spiro atoms. The van der Waals surface area contributed by atoms with Gasteiger partial charge in [-0.25, -0.2) is 0 Å². The van der Waals surface area contributed by atoms with Crippen LogP contribution < -0.4 is 5.32 Å². The van der Waals surface area contributed by atoms with Gasteiger partial charge in [0, 0.05) is 38.7 Å². The number of hydrogen-bond donors (Lipinski definition) is 2. The smallest absolute Gasteiger partial charge is 0.306 e. The van der Waals surface area contributed by atoms with Gasteiger partial charge in [-0.2, -0.15) is 5.10 Å². The number of esters is 1. The van der Waals surface area contributed by atoms with Crippen molar-refractivity contribution in [2.45, 2.75) is 57.9 Å². The molecule has 2 N–H and O–H groups in total. The van der Waals surface area contributed by atoms with Gasteiger partial charge in [-0.3, -0.25) is 9.48 Å². The zero-order valence-electron chi connectivity index (χ0n) is 21.9. The minimum Gasteiger partial charge on any atom is -0.507 e. The molecule has 9 heteroatoms. The molecule has 9 nitrogen and oxygen atoms in total. The Bertz CT molecular complexity index is 1210. The molecule has 198 valence electrons. The summed E-state index contributed by atoms with van der Waals surface area (Å²) >= 11 is 0. The Morgan fingerprint density at radius 2 is 1.81 bits per heavy atom. The van der Waals surface area contributed by atoms with Crippen LogP contribution in [-0.4, -0.2) is 69.2 Å². The van der Waals surface area contributed by atoms with Crippen LogP contribution in [0, 0.1) is 11.8 Å². The number of anilines is 1. The van der Waals surface area contributed by atoms with Crippen molar-refractivity contribution in [2.24, 2.45) is 11.8 Å². The molecule has 1 aromatic carbocycles. The van der Waals surface area contributed by atoms with E-state index in [1.807, 2.05) is 32.2 Å². The number of nitrogens with zero attached hydrogens (tertiary/aromatic N) is 5. The molecule has 1 aliphatic heterocycles. The monoisotopic (exact) mass is 506 g/mol. The molecule has 0 bridgehead atoms. The summed E-state index contributed by atoms with van der Waals surface area (Å²) in [6.45, 7) is 5.58. The fourth-order valence-electron chi connectivity index (χ4n) is 5.99. The number of phenols is 1. The van der Waals surface area contributed by atoms with E-state index in [0.717, 1.165) is 62.2 Å². The molecule has 3 heterocycles. The lowest BCUT2D eigenvalue weighted by atomic mass is 9.80. The highest BCUT2D eigenvalue weighted by Gasteiger charge is 2.29. The van der Waals surface area contributed by atoms with Crippen molar-refractivity contribution in [3.63, 3.8) is 0 Å². The fraction of sp³-hybridized carbons (Fsp3) is 0.571. The lowest BCUT2D eigenvalue weighted by Crippen LogP contribution is -2.38. The van der Waals surface area contributed by atoms with Crippen molar-refractivity contribution >= 4 is 22.8 Å². The summed E-state index contributed by atoms with van der Waals surface area (Å²) in [6.07, 6.45) is 7.31. The third-order valence-electron chi connectivity index (χ3n) is 8.02. The predicted octanol–water partition coefficient (Wildman–Crippen LogP) is 4.64. The summed E-state index contributed by atoms with van der Waals surface area (Å²) in [7, 11) is 1.86. The summed E-state index contributed by atoms with van der Waals surface area (Å²) in [5, 5.41) is 27.2. The average Bonchev–Trinajstić information content (AvgIpc) is 3.29. The SMILES string of the molecule is CCOC(=O)CC1CCC(CN2CCC(n3nc(NC)c4nnc(-c5ccccc5O)cc43)CC2)CC1. The normalized spacial score (nSPS) is 21.2. The number of hydrogen-bond acceptors (Lipinski definition) is 8. The molecule has 2 fully saturated rings. The minimum absolute atomic E-state index is 0.0423. The largest absolute Gasteiger partial charge is 0.507 e. The number of aromatic nitrogens is 4. The van der Waals surface area contributed by atoms with Crippen molar-refractivity contribution < 1.29 is 14.6 Å². The molecule has 1 aliphatic carbocycles. The maximum absolute atomic E-state index is 11.8. The molecule has 0 amide bonds. The van der Waals surface area contributed by atoms with E-state index in [1.54, 1.807) is 12.1 Å². The average molecular weight is 507 g/mol.